The number of hydrogen-bond acceptors (Lipinski definition) is 5. The molecule has 0 unspecified atom stereocenters. The summed E-state index contributed by atoms with van der Waals surface area (Å²) < 4.78 is 7.21. The SMILES string of the molecule is CCc1noc(-c2ccc(CCNC(=NC)NCCCn3cccn3)cc2)n1.I. The Morgan fingerprint density at radius 1 is 1.17 bits per heavy atom. The number of aryl methyl sites for hydroxylation is 2. The molecule has 0 aliphatic heterocycles. The molecular formula is C20H28IN7O. The zero-order valence-electron chi connectivity index (χ0n) is 16.8. The first-order valence-corrected chi connectivity index (χ1v) is 9.62. The number of aliphatic imine (C=N–C) groups is 1. The molecule has 156 valence electrons. The van der Waals surface area contributed by atoms with Gasteiger partial charge in [-0.3, -0.25) is 9.67 Å². The van der Waals surface area contributed by atoms with Crippen LogP contribution in [0.4, 0.5) is 0 Å². The molecule has 0 amide bonds. The van der Waals surface area contributed by atoms with Crippen molar-refractivity contribution in [1.82, 2.24) is 30.6 Å². The summed E-state index contributed by atoms with van der Waals surface area (Å²) in [5, 5.41) is 14.8. The van der Waals surface area contributed by atoms with Gasteiger partial charge in [0.15, 0.2) is 11.8 Å². The van der Waals surface area contributed by atoms with Crippen LogP contribution in [0, 0.1) is 0 Å². The Labute approximate surface area is 188 Å². The second kappa shape index (κ2) is 12.2. The van der Waals surface area contributed by atoms with Gasteiger partial charge in [-0.15, -0.1) is 24.0 Å². The third kappa shape index (κ3) is 7.15. The van der Waals surface area contributed by atoms with Crippen LogP contribution >= 0.6 is 24.0 Å². The fourth-order valence-electron chi connectivity index (χ4n) is 2.76. The maximum Gasteiger partial charge on any atom is 0.257 e. The summed E-state index contributed by atoms with van der Waals surface area (Å²) in [6.07, 6.45) is 6.42. The van der Waals surface area contributed by atoms with Crippen LogP contribution in [0.1, 0.15) is 24.7 Å². The highest BCUT2D eigenvalue weighted by atomic mass is 127. The molecule has 0 spiro atoms. The number of benzene rings is 1. The molecule has 29 heavy (non-hydrogen) atoms. The van der Waals surface area contributed by atoms with Crippen molar-refractivity contribution in [1.29, 1.82) is 0 Å². The lowest BCUT2D eigenvalue weighted by Crippen LogP contribution is -2.39. The first-order valence-electron chi connectivity index (χ1n) is 9.62. The molecule has 2 aromatic heterocycles. The van der Waals surface area contributed by atoms with Crippen LogP contribution in [0.25, 0.3) is 11.5 Å². The van der Waals surface area contributed by atoms with Gasteiger partial charge >= 0.3 is 0 Å². The zero-order chi connectivity index (χ0) is 19.6. The predicted molar refractivity (Wildman–Crippen MR) is 124 cm³/mol. The van der Waals surface area contributed by atoms with Gasteiger partial charge in [0.05, 0.1) is 0 Å². The lowest BCUT2D eigenvalue weighted by atomic mass is 10.1. The van der Waals surface area contributed by atoms with Crippen molar-refractivity contribution in [3.05, 3.63) is 54.1 Å². The van der Waals surface area contributed by atoms with E-state index in [9.17, 15) is 0 Å². The van der Waals surface area contributed by atoms with Crippen molar-refractivity contribution < 1.29 is 4.52 Å². The van der Waals surface area contributed by atoms with Crippen LogP contribution in [-0.4, -0.2) is 46.0 Å². The second-order valence-electron chi connectivity index (χ2n) is 6.36. The van der Waals surface area contributed by atoms with E-state index < -0.39 is 0 Å². The molecule has 0 bridgehead atoms. The van der Waals surface area contributed by atoms with E-state index in [1.807, 2.05) is 36.0 Å². The van der Waals surface area contributed by atoms with Gasteiger partial charge in [-0.05, 0) is 36.6 Å². The summed E-state index contributed by atoms with van der Waals surface area (Å²) in [5.74, 6) is 2.11. The first kappa shape index (κ1) is 22.9. The second-order valence-corrected chi connectivity index (χ2v) is 6.36. The average Bonchev–Trinajstić information content (AvgIpc) is 3.42. The minimum absolute atomic E-state index is 0. The van der Waals surface area contributed by atoms with E-state index in [1.54, 1.807) is 13.2 Å². The fraction of sp³-hybridized carbons (Fsp3) is 0.400. The van der Waals surface area contributed by atoms with E-state index in [-0.39, 0.29) is 24.0 Å². The van der Waals surface area contributed by atoms with Crippen LogP contribution in [-0.2, 0) is 19.4 Å². The Morgan fingerprint density at radius 3 is 2.62 bits per heavy atom. The van der Waals surface area contributed by atoms with Crippen LogP contribution in [0.15, 0.2) is 52.2 Å². The van der Waals surface area contributed by atoms with E-state index in [0.717, 1.165) is 56.2 Å². The Hall–Kier alpha value is -2.43. The van der Waals surface area contributed by atoms with Crippen molar-refractivity contribution in [2.75, 3.05) is 20.1 Å². The van der Waals surface area contributed by atoms with Crippen molar-refractivity contribution in [3.63, 3.8) is 0 Å². The van der Waals surface area contributed by atoms with Gasteiger partial charge in [0.1, 0.15) is 0 Å². The number of halogens is 1. The topological polar surface area (TPSA) is 93.2 Å². The van der Waals surface area contributed by atoms with E-state index in [2.05, 4.69) is 43.0 Å². The molecule has 3 aromatic rings. The predicted octanol–water partition coefficient (Wildman–Crippen LogP) is 2.91. The Morgan fingerprint density at radius 2 is 1.97 bits per heavy atom. The fourth-order valence-corrected chi connectivity index (χ4v) is 2.76. The smallest absolute Gasteiger partial charge is 0.257 e. The van der Waals surface area contributed by atoms with Gasteiger partial charge in [-0.25, -0.2) is 0 Å². The molecular weight excluding hydrogens is 481 g/mol. The molecule has 9 heteroatoms. The lowest BCUT2D eigenvalue weighted by molar-refractivity contribution is 0.423. The molecule has 0 saturated heterocycles. The van der Waals surface area contributed by atoms with Crippen molar-refractivity contribution in [2.24, 2.45) is 4.99 Å². The van der Waals surface area contributed by atoms with Crippen LogP contribution < -0.4 is 10.6 Å². The quantitative estimate of drug-likeness (QED) is 0.200. The van der Waals surface area contributed by atoms with Crippen LogP contribution in [0.3, 0.4) is 0 Å². The van der Waals surface area contributed by atoms with Crippen LogP contribution in [0.5, 0.6) is 0 Å². The number of hydrogen-bond donors (Lipinski definition) is 2. The summed E-state index contributed by atoms with van der Waals surface area (Å²) in [6, 6.07) is 10.2. The lowest BCUT2D eigenvalue weighted by Gasteiger charge is -2.12. The van der Waals surface area contributed by atoms with E-state index in [1.165, 1.54) is 5.56 Å². The highest BCUT2D eigenvalue weighted by Gasteiger charge is 2.07. The summed E-state index contributed by atoms with van der Waals surface area (Å²) in [4.78, 5) is 8.62. The molecule has 2 N–H and O–H groups in total. The summed E-state index contributed by atoms with van der Waals surface area (Å²) in [5.41, 5.74) is 2.18. The van der Waals surface area contributed by atoms with E-state index in [4.69, 9.17) is 4.52 Å². The molecule has 3 rings (SSSR count). The maximum absolute atomic E-state index is 5.28. The largest absolute Gasteiger partial charge is 0.356 e. The van der Waals surface area contributed by atoms with Gasteiger partial charge in [0.2, 0.25) is 0 Å². The molecule has 0 saturated carbocycles. The Balaban J connectivity index is 0.00000300. The molecule has 0 aliphatic carbocycles. The van der Waals surface area contributed by atoms with Crippen LogP contribution in [0.2, 0.25) is 0 Å². The minimum atomic E-state index is 0. The van der Waals surface area contributed by atoms with Crippen molar-refractivity contribution in [3.8, 4) is 11.5 Å². The summed E-state index contributed by atoms with van der Waals surface area (Å²) in [6.45, 7) is 4.55. The van der Waals surface area contributed by atoms with Gasteiger partial charge in [-0.1, -0.05) is 24.2 Å². The van der Waals surface area contributed by atoms with Gasteiger partial charge < -0.3 is 15.2 Å². The number of nitrogens with one attached hydrogen (secondary N) is 2. The summed E-state index contributed by atoms with van der Waals surface area (Å²) >= 11 is 0. The van der Waals surface area contributed by atoms with Gasteiger partial charge in [-0.2, -0.15) is 10.1 Å². The maximum atomic E-state index is 5.28. The molecule has 0 fully saturated rings. The highest BCUT2D eigenvalue weighted by Crippen LogP contribution is 2.18. The number of nitrogens with zero attached hydrogens (tertiary/aromatic N) is 5. The molecule has 1 aromatic carbocycles. The van der Waals surface area contributed by atoms with Gasteiger partial charge in [0, 0.05) is 51.1 Å². The third-order valence-corrected chi connectivity index (χ3v) is 4.33. The zero-order valence-corrected chi connectivity index (χ0v) is 19.2. The van der Waals surface area contributed by atoms with Gasteiger partial charge in [0.25, 0.3) is 5.89 Å². The monoisotopic (exact) mass is 509 g/mol. The molecule has 0 aliphatic rings. The Kier molecular flexibility index (Phi) is 9.62. The average molecular weight is 509 g/mol. The molecule has 0 radical (unpaired) electrons. The number of rotatable bonds is 9. The molecule has 0 atom stereocenters. The first-order chi connectivity index (χ1) is 13.8. The van der Waals surface area contributed by atoms with E-state index >= 15 is 0 Å². The third-order valence-electron chi connectivity index (χ3n) is 4.33. The highest BCUT2D eigenvalue weighted by molar-refractivity contribution is 14.0. The Bertz CT molecular complexity index is 859. The van der Waals surface area contributed by atoms with Crippen molar-refractivity contribution >= 4 is 29.9 Å². The number of aromatic nitrogens is 4. The summed E-state index contributed by atoms with van der Waals surface area (Å²) in [7, 11) is 1.78. The molecule has 2 heterocycles. The minimum Gasteiger partial charge on any atom is -0.356 e. The van der Waals surface area contributed by atoms with E-state index in [0.29, 0.717) is 5.89 Å². The number of guanidine groups is 1. The van der Waals surface area contributed by atoms with Crippen molar-refractivity contribution in [2.45, 2.75) is 32.7 Å². The molecule has 8 nitrogen and oxygen atoms in total. The standard InChI is InChI=1S/C20H27N7O.HI/c1-3-18-25-19(28-26-18)17-8-6-16(7-9-17)10-13-23-20(21-2)22-11-4-14-27-15-5-12-24-27;/h5-9,12,15H,3-4,10-11,13-14H2,1-2H3,(H2,21,22,23);1H. The normalized spacial score (nSPS) is 11.2.